The van der Waals surface area contributed by atoms with Crippen LogP contribution in [0.4, 0.5) is 0 Å². The third-order valence-electron chi connectivity index (χ3n) is 2.70. The molecule has 1 unspecified atom stereocenters. The molecule has 0 N–H and O–H groups in total. The molecule has 0 saturated carbocycles. The maximum absolute atomic E-state index is 12.0. The highest BCUT2D eigenvalue weighted by atomic mass is 32.2. The smallest absolute Gasteiger partial charge is 0.311 e. The summed E-state index contributed by atoms with van der Waals surface area (Å²) in [5, 5.41) is 1.11. The van der Waals surface area contributed by atoms with Crippen molar-refractivity contribution in [2.24, 2.45) is 5.92 Å². The number of sulfonamides is 1. The number of carbonyl (C=O) groups excluding carboxylic acids is 1. The first kappa shape index (κ1) is 18.0. The van der Waals surface area contributed by atoms with Crippen molar-refractivity contribution in [2.75, 3.05) is 26.3 Å². The Kier molecular flexibility index (Phi) is 6.24. The van der Waals surface area contributed by atoms with Crippen LogP contribution in [0, 0.1) is 12.8 Å². The number of carbonyl (C=O) groups is 1. The average molecular weight is 318 g/mol. The molecule has 0 aromatic heterocycles. The van der Waals surface area contributed by atoms with Crippen LogP contribution >= 0.6 is 0 Å². The Balaban J connectivity index is 2.52. The minimum absolute atomic E-state index is 0.0480. The molecule has 1 heterocycles. The Morgan fingerprint density at radius 2 is 1.95 bits per heavy atom. The van der Waals surface area contributed by atoms with Crippen molar-refractivity contribution in [3.8, 4) is 0 Å². The van der Waals surface area contributed by atoms with Crippen molar-refractivity contribution in [3.05, 3.63) is 18.4 Å². The van der Waals surface area contributed by atoms with Gasteiger partial charge in [-0.25, -0.2) is 8.42 Å². The molecule has 1 atom stereocenters. The second kappa shape index (κ2) is 7.29. The number of esters is 1. The number of hydrogen-bond donors (Lipinski definition) is 0. The van der Waals surface area contributed by atoms with Gasteiger partial charge in [-0.15, -0.1) is 0 Å². The molecule has 1 saturated heterocycles. The lowest BCUT2D eigenvalue weighted by Crippen LogP contribution is -2.39. The van der Waals surface area contributed by atoms with Crippen molar-refractivity contribution >= 4 is 16.0 Å². The van der Waals surface area contributed by atoms with E-state index in [9.17, 15) is 13.2 Å². The van der Waals surface area contributed by atoms with E-state index in [1.807, 2.05) is 0 Å². The van der Waals surface area contributed by atoms with Crippen LogP contribution in [0.5, 0.6) is 0 Å². The van der Waals surface area contributed by atoms with Gasteiger partial charge in [0.1, 0.15) is 11.5 Å². The lowest BCUT2D eigenvalue weighted by atomic mass is 10.1. The summed E-state index contributed by atoms with van der Waals surface area (Å²) >= 11 is 0. The zero-order valence-electron chi connectivity index (χ0n) is 12.9. The average Bonchev–Trinajstić information content (AvgIpc) is 2.35. The Bertz CT molecular complexity index is 472. The standard InChI is InChI=1S/C14H24NO5S/c1-12(11-13(16)20-14(2,3)4)5-10-21(17,18)15-6-8-19-9-7-15/h5,10,12H,1,6-9,11H2,2-4H3/q+1/b10-5+. The minimum Gasteiger partial charge on any atom is -0.460 e. The molecule has 0 amide bonds. The maximum Gasteiger partial charge on any atom is 0.311 e. The number of nitrogens with zero attached hydrogens (tertiary/aromatic N) is 1. The third-order valence-corrected chi connectivity index (χ3v) is 4.29. The first-order valence-electron chi connectivity index (χ1n) is 6.91. The van der Waals surface area contributed by atoms with Crippen molar-refractivity contribution in [1.29, 1.82) is 0 Å². The van der Waals surface area contributed by atoms with Crippen molar-refractivity contribution in [3.63, 3.8) is 0 Å². The second-order valence-corrected chi connectivity index (χ2v) is 7.75. The highest BCUT2D eigenvalue weighted by Crippen LogP contribution is 2.14. The van der Waals surface area contributed by atoms with Crippen LogP contribution in [0.2, 0.25) is 0 Å². The summed E-state index contributed by atoms with van der Waals surface area (Å²) in [6.45, 7) is 10.6. The van der Waals surface area contributed by atoms with Crippen molar-refractivity contribution in [2.45, 2.75) is 32.8 Å². The molecule has 120 valence electrons. The summed E-state index contributed by atoms with van der Waals surface area (Å²) in [6, 6.07) is 0. The number of morpholine rings is 1. The predicted molar refractivity (Wildman–Crippen MR) is 79.8 cm³/mol. The lowest BCUT2D eigenvalue weighted by Gasteiger charge is -2.24. The van der Waals surface area contributed by atoms with Crippen LogP contribution in [0.25, 0.3) is 0 Å². The predicted octanol–water partition coefficient (Wildman–Crippen LogP) is 1.34. The Labute approximate surface area is 127 Å². The van der Waals surface area contributed by atoms with Gasteiger partial charge in [-0.2, -0.15) is 4.31 Å². The van der Waals surface area contributed by atoms with E-state index in [0.29, 0.717) is 26.3 Å². The molecule has 0 bridgehead atoms. The van der Waals surface area contributed by atoms with Crippen molar-refractivity contribution < 1.29 is 22.7 Å². The van der Waals surface area contributed by atoms with Crippen molar-refractivity contribution in [1.82, 2.24) is 4.31 Å². The summed E-state index contributed by atoms with van der Waals surface area (Å²) in [5.74, 6) is -0.841. The molecule has 1 aliphatic rings. The number of hydrogen-bond acceptors (Lipinski definition) is 5. The Morgan fingerprint density at radius 1 is 1.38 bits per heavy atom. The van der Waals surface area contributed by atoms with Gasteiger partial charge in [0.15, 0.2) is 0 Å². The highest BCUT2D eigenvalue weighted by molar-refractivity contribution is 7.92. The van der Waals surface area contributed by atoms with E-state index in [0.717, 1.165) is 5.41 Å². The second-order valence-electron chi connectivity index (χ2n) is 5.94. The van der Waals surface area contributed by atoms with Crippen LogP contribution in [0.1, 0.15) is 27.2 Å². The minimum atomic E-state index is -3.47. The first-order valence-corrected chi connectivity index (χ1v) is 8.41. The molecular formula is C14H24NO5S+. The summed E-state index contributed by atoms with van der Waals surface area (Å²) < 4.78 is 35.7. The highest BCUT2D eigenvalue weighted by Gasteiger charge is 2.24. The van der Waals surface area contributed by atoms with Gasteiger partial charge in [-0.05, 0) is 26.8 Å². The molecule has 6 nitrogen and oxygen atoms in total. The summed E-state index contributed by atoms with van der Waals surface area (Å²) in [6.07, 6.45) is 1.47. The van der Waals surface area contributed by atoms with Gasteiger partial charge in [0, 0.05) is 18.5 Å². The van der Waals surface area contributed by atoms with E-state index < -0.39 is 27.5 Å². The zero-order chi connectivity index (χ0) is 16.1. The van der Waals surface area contributed by atoms with E-state index in [4.69, 9.17) is 9.47 Å². The molecule has 0 aromatic carbocycles. The topological polar surface area (TPSA) is 72.9 Å². The van der Waals surface area contributed by atoms with E-state index in [1.54, 1.807) is 20.8 Å². The fraction of sp³-hybridized carbons (Fsp3) is 0.714. The molecule has 1 aliphatic heterocycles. The van der Waals surface area contributed by atoms with Gasteiger partial charge in [-0.1, -0.05) is 0 Å². The lowest BCUT2D eigenvalue weighted by molar-refractivity contribution is -0.155. The monoisotopic (exact) mass is 318 g/mol. The molecule has 1 fully saturated rings. The fourth-order valence-electron chi connectivity index (χ4n) is 1.76. The number of allylic oxidation sites excluding steroid dienone is 1. The summed E-state index contributed by atoms with van der Waals surface area (Å²) in [5.41, 5.74) is -0.555. The van der Waals surface area contributed by atoms with Gasteiger partial charge in [0.2, 0.25) is 10.0 Å². The molecule has 0 spiro atoms. The Morgan fingerprint density at radius 3 is 2.48 bits per heavy atom. The van der Waals surface area contributed by atoms with Crippen LogP contribution in [-0.4, -0.2) is 50.6 Å². The summed E-state index contributed by atoms with van der Waals surface area (Å²) in [4.78, 5) is 11.6. The van der Waals surface area contributed by atoms with Gasteiger partial charge < -0.3 is 9.47 Å². The molecule has 0 aromatic rings. The van der Waals surface area contributed by atoms with E-state index >= 15 is 0 Å². The number of rotatable bonds is 5. The van der Waals surface area contributed by atoms with Gasteiger partial charge in [-0.3, -0.25) is 4.79 Å². The van der Waals surface area contributed by atoms with Crippen LogP contribution < -0.4 is 0 Å². The molecule has 21 heavy (non-hydrogen) atoms. The molecule has 1 rings (SSSR count). The maximum atomic E-state index is 12.0. The van der Waals surface area contributed by atoms with E-state index in [1.165, 1.54) is 10.4 Å². The number of ether oxygens (including phenoxy) is 2. The fourth-order valence-corrected chi connectivity index (χ4v) is 3.01. The first-order chi connectivity index (χ1) is 9.60. The normalized spacial score (nSPS) is 19.6. The van der Waals surface area contributed by atoms with Crippen LogP contribution in [0.15, 0.2) is 11.5 Å². The molecule has 0 aliphatic carbocycles. The zero-order valence-corrected chi connectivity index (χ0v) is 13.7. The molecular weight excluding hydrogens is 294 g/mol. The SMILES string of the molecule is [CH2+]C(/C=C/S(=O)(=O)N1CCOCC1)CC(=O)OC(C)(C)C. The quantitative estimate of drug-likeness (QED) is 0.565. The Hall–Kier alpha value is -1.05. The van der Waals surface area contributed by atoms with Gasteiger partial charge in [0.05, 0.1) is 26.6 Å². The van der Waals surface area contributed by atoms with E-state index in [-0.39, 0.29) is 6.42 Å². The van der Waals surface area contributed by atoms with Crippen LogP contribution in [0.3, 0.4) is 0 Å². The summed E-state index contributed by atoms with van der Waals surface area (Å²) in [7, 11) is -3.47. The van der Waals surface area contributed by atoms with Gasteiger partial charge in [0.25, 0.3) is 0 Å². The van der Waals surface area contributed by atoms with E-state index in [2.05, 4.69) is 6.92 Å². The van der Waals surface area contributed by atoms with Gasteiger partial charge >= 0.3 is 5.97 Å². The molecule has 0 radical (unpaired) electrons. The molecule has 7 heteroatoms. The van der Waals surface area contributed by atoms with Crippen LogP contribution in [-0.2, 0) is 24.3 Å². The largest absolute Gasteiger partial charge is 0.460 e. The third kappa shape index (κ3) is 6.97.